The number of cyclic esters (lactones) is 1. The van der Waals surface area contributed by atoms with Crippen LogP contribution in [0.1, 0.15) is 42.2 Å². The lowest BCUT2D eigenvalue weighted by molar-refractivity contribution is -0.157. The van der Waals surface area contributed by atoms with E-state index in [0.29, 0.717) is 36.0 Å². The minimum Gasteiger partial charge on any atom is -0.458 e. The number of hydrogen-bond donors (Lipinski definition) is 2. The first kappa shape index (κ1) is 18.0. The highest BCUT2D eigenvalue weighted by atomic mass is 16.5. The molecule has 1 atom stereocenters. The summed E-state index contributed by atoms with van der Waals surface area (Å²) in [6.07, 6.45) is -1.44. The number of aliphatic hydroxyl groups is 1. The van der Waals surface area contributed by atoms with Crippen LogP contribution in [-0.4, -0.2) is 26.7 Å². The second-order valence-corrected chi connectivity index (χ2v) is 7.84. The molecule has 2 aliphatic heterocycles. The number of fused-ring (bicyclic) bond motifs is 5. The van der Waals surface area contributed by atoms with Crippen molar-refractivity contribution < 1.29 is 14.6 Å². The fourth-order valence-electron chi connectivity index (χ4n) is 4.17. The summed E-state index contributed by atoms with van der Waals surface area (Å²) in [5.41, 5.74) is 4.75. The Kier molecular flexibility index (Phi) is 4.04. The Labute approximate surface area is 167 Å². The Balaban J connectivity index is 1.76. The number of pyridine rings is 2. The predicted octanol–water partition coefficient (Wildman–Crippen LogP) is 2.01. The number of rotatable bonds is 3. The van der Waals surface area contributed by atoms with Gasteiger partial charge in [-0.05, 0) is 17.7 Å². The van der Waals surface area contributed by atoms with E-state index in [0.717, 1.165) is 27.7 Å². The molecule has 7 heteroatoms. The van der Waals surface area contributed by atoms with Gasteiger partial charge in [0.2, 0.25) is 0 Å². The average molecular weight is 391 g/mol. The molecule has 0 amide bonds. The van der Waals surface area contributed by atoms with Gasteiger partial charge in [0.05, 0.1) is 29.0 Å². The van der Waals surface area contributed by atoms with Crippen molar-refractivity contribution in [1.29, 1.82) is 0 Å². The lowest BCUT2D eigenvalue weighted by Crippen LogP contribution is -2.32. The van der Waals surface area contributed by atoms with Gasteiger partial charge in [0.25, 0.3) is 5.56 Å². The van der Waals surface area contributed by atoms with Crippen LogP contribution < -0.4 is 10.9 Å². The van der Waals surface area contributed by atoms with Gasteiger partial charge in [-0.1, -0.05) is 32.0 Å². The highest BCUT2D eigenvalue weighted by Gasteiger charge is 2.34. The summed E-state index contributed by atoms with van der Waals surface area (Å²) in [6, 6.07) is 9.97. The number of benzene rings is 1. The van der Waals surface area contributed by atoms with Crippen molar-refractivity contribution in [2.45, 2.75) is 45.7 Å². The van der Waals surface area contributed by atoms with Gasteiger partial charge < -0.3 is 19.7 Å². The van der Waals surface area contributed by atoms with Crippen LogP contribution in [0.4, 0.5) is 0 Å². The number of aliphatic hydroxyl groups excluding tert-OH is 1. The molecule has 0 bridgehead atoms. The van der Waals surface area contributed by atoms with Crippen LogP contribution in [0, 0.1) is 0 Å². The van der Waals surface area contributed by atoms with E-state index in [2.05, 4.69) is 19.2 Å². The molecule has 7 nitrogen and oxygen atoms in total. The topological polar surface area (TPSA) is 93.5 Å². The van der Waals surface area contributed by atoms with Crippen LogP contribution in [0.2, 0.25) is 0 Å². The summed E-state index contributed by atoms with van der Waals surface area (Å²) in [7, 11) is 0. The predicted molar refractivity (Wildman–Crippen MR) is 107 cm³/mol. The third kappa shape index (κ3) is 2.69. The molecule has 0 spiro atoms. The lowest BCUT2D eigenvalue weighted by Gasteiger charge is -2.21. The summed E-state index contributed by atoms with van der Waals surface area (Å²) >= 11 is 0. The van der Waals surface area contributed by atoms with E-state index < -0.39 is 12.1 Å². The van der Waals surface area contributed by atoms with Gasteiger partial charge in [-0.15, -0.1) is 0 Å². The molecule has 1 aromatic carbocycles. The van der Waals surface area contributed by atoms with E-state index in [-0.39, 0.29) is 12.2 Å². The van der Waals surface area contributed by atoms with Gasteiger partial charge in [0.15, 0.2) is 6.10 Å². The molecule has 0 radical (unpaired) electrons. The van der Waals surface area contributed by atoms with Crippen molar-refractivity contribution in [2.75, 3.05) is 0 Å². The van der Waals surface area contributed by atoms with Crippen LogP contribution in [-0.2, 0) is 29.2 Å². The zero-order valence-corrected chi connectivity index (χ0v) is 16.2. The van der Waals surface area contributed by atoms with Gasteiger partial charge in [0, 0.05) is 29.1 Å². The number of carbonyl (C=O) groups is 1. The smallest absolute Gasteiger partial charge is 0.340 e. The molecule has 2 N–H and O–H groups in total. The fourth-order valence-corrected chi connectivity index (χ4v) is 4.17. The maximum atomic E-state index is 13.1. The second-order valence-electron chi connectivity index (χ2n) is 7.84. The van der Waals surface area contributed by atoms with Crippen molar-refractivity contribution in [1.82, 2.24) is 14.9 Å². The number of esters is 1. The van der Waals surface area contributed by atoms with E-state index in [4.69, 9.17) is 9.72 Å². The zero-order valence-electron chi connectivity index (χ0n) is 16.2. The number of nitrogens with one attached hydrogen (secondary N) is 1. The highest BCUT2D eigenvalue weighted by molar-refractivity contribution is 5.88. The molecule has 2 aliphatic rings. The first-order valence-electron chi connectivity index (χ1n) is 9.71. The standard InChI is InChI=1S/C22H21N3O4/c1-11(2)23-8-14-12-5-3-4-6-17(12)24-19-15(14)9-25-18(19)7-13-16(21(25)27)10-29-22(28)20(13)26/h3-7,11,20,23,26H,8-10H2,1-2H3. The molecule has 1 unspecified atom stereocenters. The molecule has 4 heterocycles. The van der Waals surface area contributed by atoms with E-state index >= 15 is 0 Å². The minimum atomic E-state index is -1.44. The molecule has 3 aromatic rings. The Hall–Kier alpha value is -3.03. The van der Waals surface area contributed by atoms with Gasteiger partial charge in [0.1, 0.15) is 6.61 Å². The van der Waals surface area contributed by atoms with Gasteiger partial charge in [-0.2, -0.15) is 0 Å². The molecular formula is C22H21N3O4. The molecule has 29 heavy (non-hydrogen) atoms. The highest BCUT2D eigenvalue weighted by Crippen LogP contribution is 2.37. The summed E-state index contributed by atoms with van der Waals surface area (Å²) in [5, 5.41) is 14.8. The van der Waals surface area contributed by atoms with Crippen LogP contribution in [0.5, 0.6) is 0 Å². The first-order valence-corrected chi connectivity index (χ1v) is 9.71. The summed E-state index contributed by atoms with van der Waals surface area (Å²) in [5.74, 6) is -0.728. The van der Waals surface area contributed by atoms with E-state index in [1.807, 2.05) is 24.3 Å². The first-order chi connectivity index (χ1) is 14.0. The summed E-state index contributed by atoms with van der Waals surface area (Å²) < 4.78 is 6.62. The molecule has 0 aliphatic carbocycles. The molecule has 0 saturated carbocycles. The number of ether oxygens (including phenoxy) is 1. The third-order valence-electron chi connectivity index (χ3n) is 5.67. The Morgan fingerprint density at radius 2 is 2.07 bits per heavy atom. The van der Waals surface area contributed by atoms with Crippen molar-refractivity contribution in [2.24, 2.45) is 0 Å². The SMILES string of the molecule is CC(C)NCc1c2c(nc3ccccc13)-c1cc3c(c(=O)n1C2)COC(=O)C3O. The van der Waals surface area contributed by atoms with Crippen LogP contribution in [0.25, 0.3) is 22.3 Å². The quantitative estimate of drug-likeness (QED) is 0.519. The summed E-state index contributed by atoms with van der Waals surface area (Å²) in [4.78, 5) is 29.7. The van der Waals surface area contributed by atoms with Crippen LogP contribution in [0.3, 0.4) is 0 Å². The number of carbonyl (C=O) groups excluding carboxylic acids is 1. The van der Waals surface area contributed by atoms with Gasteiger partial charge in [-0.3, -0.25) is 4.79 Å². The largest absolute Gasteiger partial charge is 0.458 e. The Bertz CT molecular complexity index is 1230. The number of para-hydroxylation sites is 1. The monoisotopic (exact) mass is 391 g/mol. The maximum Gasteiger partial charge on any atom is 0.340 e. The Morgan fingerprint density at radius 1 is 1.28 bits per heavy atom. The fraction of sp³-hybridized carbons (Fsp3) is 0.318. The molecule has 5 rings (SSSR count). The molecule has 0 saturated heterocycles. The molecule has 148 valence electrons. The van der Waals surface area contributed by atoms with Crippen molar-refractivity contribution in [3.8, 4) is 11.4 Å². The summed E-state index contributed by atoms with van der Waals surface area (Å²) in [6.45, 7) is 5.14. The average Bonchev–Trinajstić information content (AvgIpc) is 3.07. The third-order valence-corrected chi connectivity index (χ3v) is 5.67. The van der Waals surface area contributed by atoms with E-state index in [9.17, 15) is 14.7 Å². The number of nitrogens with zero attached hydrogens (tertiary/aromatic N) is 2. The van der Waals surface area contributed by atoms with Crippen molar-refractivity contribution >= 4 is 16.9 Å². The second kappa shape index (κ2) is 6.50. The lowest BCUT2D eigenvalue weighted by atomic mass is 9.98. The molecule has 0 fully saturated rings. The van der Waals surface area contributed by atoms with Gasteiger partial charge in [-0.25, -0.2) is 9.78 Å². The molecular weight excluding hydrogens is 370 g/mol. The van der Waals surface area contributed by atoms with E-state index in [1.54, 1.807) is 10.6 Å². The van der Waals surface area contributed by atoms with Crippen LogP contribution >= 0.6 is 0 Å². The normalized spacial score (nSPS) is 17.2. The number of hydrogen-bond acceptors (Lipinski definition) is 6. The van der Waals surface area contributed by atoms with E-state index in [1.165, 1.54) is 0 Å². The zero-order chi connectivity index (χ0) is 20.3. The van der Waals surface area contributed by atoms with Crippen molar-refractivity contribution in [3.63, 3.8) is 0 Å². The van der Waals surface area contributed by atoms with Crippen molar-refractivity contribution in [3.05, 3.63) is 62.9 Å². The maximum absolute atomic E-state index is 13.1. The molecule has 2 aromatic heterocycles. The van der Waals surface area contributed by atoms with Crippen LogP contribution in [0.15, 0.2) is 35.1 Å². The Morgan fingerprint density at radius 3 is 2.86 bits per heavy atom. The minimum absolute atomic E-state index is 0.113. The van der Waals surface area contributed by atoms with Gasteiger partial charge >= 0.3 is 5.97 Å². The number of aromatic nitrogens is 2.